The van der Waals surface area contributed by atoms with Gasteiger partial charge in [-0.1, -0.05) is 15.9 Å². The Balaban J connectivity index is 3.56. The lowest BCUT2D eigenvalue weighted by molar-refractivity contribution is -0.385. The zero-order valence-corrected chi connectivity index (χ0v) is 23.1. The van der Waals surface area contributed by atoms with Gasteiger partial charge in [-0.3, -0.25) is 19.1 Å². The molecule has 0 fully saturated rings. The molecule has 15 heteroatoms. The molecule has 0 bridgehead atoms. The van der Waals surface area contributed by atoms with Crippen molar-refractivity contribution in [2.24, 2.45) is 0 Å². The second-order valence-electron chi connectivity index (χ2n) is 7.95. The standard InChI is InChI=1S/C19H31BrN4O8S2/c1-21(2)8-6-9-22(3)19(25)15-13-17(18(33(4,28)29)14-16(15)24(26)27)23(10-7-20)11-12-32-34(5,30)31/h13-14H,6-12H2,1-5H3. The quantitative estimate of drug-likeness (QED) is 0.135. The van der Waals surface area contributed by atoms with Crippen molar-refractivity contribution in [3.05, 3.63) is 27.8 Å². The van der Waals surface area contributed by atoms with Crippen LogP contribution in [0, 0.1) is 10.1 Å². The number of nitrogens with zero attached hydrogens (tertiary/aromatic N) is 4. The van der Waals surface area contributed by atoms with Crippen LogP contribution in [0.15, 0.2) is 17.0 Å². The van der Waals surface area contributed by atoms with Gasteiger partial charge in [0.05, 0.1) is 28.4 Å². The summed E-state index contributed by atoms with van der Waals surface area (Å²) in [5.41, 5.74) is -0.835. The fourth-order valence-corrected chi connectivity index (χ4v) is 4.81. The molecule has 0 radical (unpaired) electrons. The van der Waals surface area contributed by atoms with E-state index in [0.29, 0.717) is 24.8 Å². The molecule has 0 N–H and O–H groups in total. The van der Waals surface area contributed by atoms with Crippen LogP contribution in [0.1, 0.15) is 16.8 Å². The Hall–Kier alpha value is -1.81. The van der Waals surface area contributed by atoms with Crippen molar-refractivity contribution >= 4 is 53.2 Å². The number of hydrogen-bond donors (Lipinski definition) is 0. The van der Waals surface area contributed by atoms with Crippen molar-refractivity contribution in [3.63, 3.8) is 0 Å². The Kier molecular flexibility index (Phi) is 11.3. The number of alkyl halides is 1. The number of nitro groups is 1. The third-order valence-electron chi connectivity index (χ3n) is 4.70. The molecule has 1 amide bonds. The molecule has 34 heavy (non-hydrogen) atoms. The van der Waals surface area contributed by atoms with E-state index < -0.39 is 36.5 Å². The number of amides is 1. The van der Waals surface area contributed by atoms with E-state index in [1.807, 2.05) is 19.0 Å². The minimum atomic E-state index is -3.94. The summed E-state index contributed by atoms with van der Waals surface area (Å²) >= 11 is 3.26. The van der Waals surface area contributed by atoms with Crippen LogP contribution in [0.2, 0.25) is 0 Å². The molecule has 0 spiro atoms. The molecule has 0 atom stereocenters. The molecule has 0 unspecified atom stereocenters. The van der Waals surface area contributed by atoms with E-state index >= 15 is 0 Å². The normalized spacial score (nSPS) is 12.1. The summed E-state index contributed by atoms with van der Waals surface area (Å²) in [6.45, 7) is 0.951. The second kappa shape index (κ2) is 12.8. The van der Waals surface area contributed by atoms with Gasteiger partial charge in [0.25, 0.3) is 21.7 Å². The molecule has 0 saturated heterocycles. The smallest absolute Gasteiger partial charge is 0.283 e. The number of carbonyl (C=O) groups excluding carboxylic acids is 1. The molecule has 0 aromatic heterocycles. The molecule has 0 aliphatic carbocycles. The van der Waals surface area contributed by atoms with Gasteiger partial charge >= 0.3 is 0 Å². The summed E-state index contributed by atoms with van der Waals surface area (Å²) in [6, 6.07) is 2.06. The van der Waals surface area contributed by atoms with Crippen molar-refractivity contribution in [3.8, 4) is 0 Å². The first-order valence-electron chi connectivity index (χ1n) is 10.2. The lowest BCUT2D eigenvalue weighted by Crippen LogP contribution is -2.33. The van der Waals surface area contributed by atoms with E-state index in [2.05, 4.69) is 15.9 Å². The van der Waals surface area contributed by atoms with Gasteiger partial charge in [-0.25, -0.2) is 8.42 Å². The summed E-state index contributed by atoms with van der Waals surface area (Å²) in [4.78, 5) is 28.5. The van der Waals surface area contributed by atoms with Crippen LogP contribution in [-0.4, -0.2) is 109 Å². The average Bonchev–Trinajstić information content (AvgIpc) is 2.69. The van der Waals surface area contributed by atoms with Crippen LogP contribution in [0.3, 0.4) is 0 Å². The summed E-state index contributed by atoms with van der Waals surface area (Å²) < 4.78 is 52.4. The number of nitro benzene ring substituents is 1. The maximum Gasteiger partial charge on any atom is 0.283 e. The predicted molar refractivity (Wildman–Crippen MR) is 133 cm³/mol. The number of anilines is 1. The van der Waals surface area contributed by atoms with E-state index in [1.54, 1.807) is 0 Å². The van der Waals surface area contributed by atoms with Crippen LogP contribution < -0.4 is 4.90 Å². The monoisotopic (exact) mass is 586 g/mol. The number of rotatable bonds is 14. The first-order chi connectivity index (χ1) is 15.6. The second-order valence-corrected chi connectivity index (χ2v) is 12.4. The van der Waals surface area contributed by atoms with Gasteiger partial charge in [0.15, 0.2) is 9.84 Å². The SMILES string of the molecule is CN(C)CCCN(C)C(=O)c1cc(N(CCBr)CCOS(C)(=O)=O)c(S(C)(=O)=O)cc1[N+](=O)[O-]. The maximum absolute atomic E-state index is 13.1. The fourth-order valence-electron chi connectivity index (χ4n) is 3.11. The summed E-state index contributed by atoms with van der Waals surface area (Å²) in [5.74, 6) is -0.627. The Morgan fingerprint density at radius 2 is 1.68 bits per heavy atom. The van der Waals surface area contributed by atoms with Gasteiger partial charge in [0.2, 0.25) is 0 Å². The predicted octanol–water partition coefficient (Wildman–Crippen LogP) is 1.20. The van der Waals surface area contributed by atoms with Gasteiger partial charge in [-0.15, -0.1) is 0 Å². The first-order valence-corrected chi connectivity index (χ1v) is 15.0. The largest absolute Gasteiger partial charge is 0.367 e. The van der Waals surface area contributed by atoms with Gasteiger partial charge in [0, 0.05) is 44.3 Å². The molecule has 1 aromatic rings. The maximum atomic E-state index is 13.1. The Morgan fingerprint density at radius 3 is 2.15 bits per heavy atom. The van der Waals surface area contributed by atoms with Crippen molar-refractivity contribution < 1.29 is 30.7 Å². The third kappa shape index (κ3) is 9.44. The van der Waals surface area contributed by atoms with E-state index in [-0.39, 0.29) is 35.8 Å². The Labute approximate surface area is 209 Å². The van der Waals surface area contributed by atoms with Crippen LogP contribution in [0.25, 0.3) is 0 Å². The summed E-state index contributed by atoms with van der Waals surface area (Å²) in [5, 5.41) is 12.1. The van der Waals surface area contributed by atoms with Crippen molar-refractivity contribution in [2.45, 2.75) is 11.3 Å². The van der Waals surface area contributed by atoms with Gasteiger partial charge in [-0.2, -0.15) is 8.42 Å². The lowest BCUT2D eigenvalue weighted by atomic mass is 10.1. The number of carbonyl (C=O) groups is 1. The van der Waals surface area contributed by atoms with Crippen molar-refractivity contribution in [1.82, 2.24) is 9.80 Å². The minimum absolute atomic E-state index is 0.0364. The summed E-state index contributed by atoms with van der Waals surface area (Å²) in [6.07, 6.45) is 2.43. The van der Waals surface area contributed by atoms with E-state index in [4.69, 9.17) is 4.18 Å². The Bertz CT molecular complexity index is 1090. The highest BCUT2D eigenvalue weighted by Gasteiger charge is 2.30. The average molecular weight is 588 g/mol. The molecule has 0 heterocycles. The van der Waals surface area contributed by atoms with Gasteiger partial charge in [-0.05, 0) is 33.1 Å². The molecule has 1 rings (SSSR count). The van der Waals surface area contributed by atoms with Gasteiger partial charge in [0.1, 0.15) is 5.56 Å². The number of sulfone groups is 1. The first kappa shape index (κ1) is 30.2. The van der Waals surface area contributed by atoms with Crippen LogP contribution >= 0.6 is 15.9 Å². The van der Waals surface area contributed by atoms with Gasteiger partial charge < -0.3 is 14.7 Å². The molecule has 0 aliphatic rings. The molecular weight excluding hydrogens is 556 g/mol. The summed E-state index contributed by atoms with van der Waals surface area (Å²) in [7, 11) is -2.39. The minimum Gasteiger partial charge on any atom is -0.367 e. The number of hydrogen-bond acceptors (Lipinski definition) is 10. The zero-order valence-electron chi connectivity index (χ0n) is 19.9. The molecular formula is C19H31BrN4O8S2. The molecule has 12 nitrogen and oxygen atoms in total. The zero-order chi connectivity index (χ0) is 26.3. The highest BCUT2D eigenvalue weighted by Crippen LogP contribution is 2.34. The molecule has 0 aliphatic heterocycles. The van der Waals surface area contributed by atoms with E-state index in [1.165, 1.54) is 22.9 Å². The highest BCUT2D eigenvalue weighted by molar-refractivity contribution is 9.09. The van der Waals surface area contributed by atoms with Crippen LogP contribution in [0.4, 0.5) is 11.4 Å². The number of benzene rings is 1. The molecule has 0 saturated carbocycles. The third-order valence-corrected chi connectivity index (χ3v) is 6.78. The van der Waals surface area contributed by atoms with E-state index in [9.17, 15) is 31.7 Å². The Morgan fingerprint density at radius 1 is 1.06 bits per heavy atom. The molecule has 194 valence electrons. The van der Waals surface area contributed by atoms with Crippen LogP contribution in [0.5, 0.6) is 0 Å². The highest BCUT2D eigenvalue weighted by atomic mass is 79.9. The van der Waals surface area contributed by atoms with Crippen molar-refractivity contribution in [1.29, 1.82) is 0 Å². The lowest BCUT2D eigenvalue weighted by Gasteiger charge is -2.27. The van der Waals surface area contributed by atoms with E-state index in [0.717, 1.165) is 18.6 Å². The topological polar surface area (TPSA) is 147 Å². The fraction of sp³-hybridized carbons (Fsp3) is 0.632. The molecule has 1 aromatic carbocycles. The van der Waals surface area contributed by atoms with Crippen molar-refractivity contribution in [2.75, 3.05) is 76.7 Å². The van der Waals surface area contributed by atoms with Crippen LogP contribution in [-0.2, 0) is 24.1 Å². The number of halogens is 1.